The first-order chi connectivity index (χ1) is 12.7. The van der Waals surface area contributed by atoms with Crippen molar-refractivity contribution in [1.29, 1.82) is 0 Å². The number of benzene rings is 2. The van der Waals surface area contributed by atoms with Crippen molar-refractivity contribution in [3.63, 3.8) is 0 Å². The van der Waals surface area contributed by atoms with Crippen LogP contribution < -0.4 is 15.5 Å². The lowest BCUT2D eigenvalue weighted by atomic mass is 10.1. The summed E-state index contributed by atoms with van der Waals surface area (Å²) in [5.74, 6) is 0.826. The summed E-state index contributed by atoms with van der Waals surface area (Å²) in [4.78, 5) is 6.86. The van der Waals surface area contributed by atoms with Crippen molar-refractivity contribution in [3.8, 4) is 0 Å². The Balaban J connectivity index is 0.00000261. The van der Waals surface area contributed by atoms with Crippen molar-refractivity contribution in [1.82, 2.24) is 10.6 Å². The van der Waals surface area contributed by atoms with Gasteiger partial charge in [-0.3, -0.25) is 4.99 Å². The largest absolute Gasteiger partial charge is 0.372 e. The van der Waals surface area contributed by atoms with Gasteiger partial charge in [0.15, 0.2) is 5.96 Å². The maximum atomic E-state index is 4.38. The van der Waals surface area contributed by atoms with Crippen LogP contribution in [0.25, 0.3) is 0 Å². The van der Waals surface area contributed by atoms with Gasteiger partial charge in [-0.25, -0.2) is 0 Å². The third-order valence-corrected chi connectivity index (χ3v) is 5.13. The molecule has 27 heavy (non-hydrogen) atoms. The average Bonchev–Trinajstić information content (AvgIpc) is 3.21. The normalized spacial score (nSPS) is 15.2. The maximum Gasteiger partial charge on any atom is 0.191 e. The Morgan fingerprint density at radius 2 is 1.85 bits per heavy atom. The van der Waals surface area contributed by atoms with Gasteiger partial charge in [0.25, 0.3) is 0 Å². The number of halogens is 1. The van der Waals surface area contributed by atoms with Crippen LogP contribution in [0.4, 0.5) is 5.69 Å². The summed E-state index contributed by atoms with van der Waals surface area (Å²) in [6.45, 7) is 7.44. The van der Waals surface area contributed by atoms with Crippen molar-refractivity contribution in [3.05, 3.63) is 65.2 Å². The van der Waals surface area contributed by atoms with Gasteiger partial charge in [0.2, 0.25) is 0 Å². The lowest BCUT2D eigenvalue weighted by molar-refractivity contribution is 0.684. The zero-order valence-corrected chi connectivity index (χ0v) is 18.9. The van der Waals surface area contributed by atoms with Crippen molar-refractivity contribution >= 4 is 35.6 Å². The molecule has 1 fully saturated rings. The first-order valence-electron chi connectivity index (χ1n) is 9.54. The molecule has 5 heteroatoms. The SMILES string of the molecule is CN=C(NCc1ccccc1C)NC(C)c1cccc(N2CCCC2)c1.I. The van der Waals surface area contributed by atoms with E-state index in [2.05, 4.69) is 82.9 Å². The highest BCUT2D eigenvalue weighted by Crippen LogP contribution is 2.23. The molecule has 2 N–H and O–H groups in total. The summed E-state index contributed by atoms with van der Waals surface area (Å²) in [6.07, 6.45) is 2.60. The number of rotatable bonds is 5. The van der Waals surface area contributed by atoms with Crippen LogP contribution in [0.3, 0.4) is 0 Å². The molecular weight excluding hydrogens is 447 g/mol. The molecule has 2 aromatic carbocycles. The molecule has 0 aromatic heterocycles. The molecular formula is C22H31IN4. The maximum absolute atomic E-state index is 4.38. The number of aryl methyl sites for hydroxylation is 1. The van der Waals surface area contributed by atoms with Crippen molar-refractivity contribution < 1.29 is 0 Å². The Bertz CT molecular complexity index is 753. The summed E-state index contributed by atoms with van der Waals surface area (Å²) < 4.78 is 0. The molecule has 0 spiro atoms. The van der Waals surface area contributed by atoms with Gasteiger partial charge in [-0.1, -0.05) is 36.4 Å². The third-order valence-electron chi connectivity index (χ3n) is 5.13. The molecule has 0 bridgehead atoms. The minimum absolute atomic E-state index is 0. The second-order valence-electron chi connectivity index (χ2n) is 7.01. The molecule has 1 aliphatic rings. The van der Waals surface area contributed by atoms with E-state index < -0.39 is 0 Å². The zero-order chi connectivity index (χ0) is 18.4. The van der Waals surface area contributed by atoms with E-state index >= 15 is 0 Å². The smallest absolute Gasteiger partial charge is 0.191 e. The van der Waals surface area contributed by atoms with E-state index in [0.29, 0.717) is 0 Å². The van der Waals surface area contributed by atoms with Crippen LogP contribution in [0.5, 0.6) is 0 Å². The second-order valence-corrected chi connectivity index (χ2v) is 7.01. The molecule has 0 saturated carbocycles. The van der Waals surface area contributed by atoms with Gasteiger partial charge in [0.1, 0.15) is 0 Å². The molecule has 1 saturated heterocycles. The van der Waals surface area contributed by atoms with Crippen LogP contribution in [0, 0.1) is 6.92 Å². The van der Waals surface area contributed by atoms with Gasteiger partial charge in [-0.2, -0.15) is 0 Å². The molecule has 0 radical (unpaired) electrons. The van der Waals surface area contributed by atoms with Crippen LogP contribution in [-0.4, -0.2) is 26.1 Å². The van der Waals surface area contributed by atoms with Gasteiger partial charge in [0.05, 0.1) is 6.04 Å². The monoisotopic (exact) mass is 478 g/mol. The summed E-state index contributed by atoms with van der Waals surface area (Å²) in [5, 5.41) is 6.94. The number of nitrogens with one attached hydrogen (secondary N) is 2. The number of hydrogen-bond donors (Lipinski definition) is 2. The van der Waals surface area contributed by atoms with Crippen LogP contribution >= 0.6 is 24.0 Å². The van der Waals surface area contributed by atoms with E-state index in [-0.39, 0.29) is 30.0 Å². The fraction of sp³-hybridized carbons (Fsp3) is 0.409. The molecule has 1 heterocycles. The van der Waals surface area contributed by atoms with Gasteiger partial charge in [0, 0.05) is 32.4 Å². The highest BCUT2D eigenvalue weighted by Gasteiger charge is 2.14. The summed E-state index contributed by atoms with van der Waals surface area (Å²) in [5.41, 5.74) is 5.20. The summed E-state index contributed by atoms with van der Waals surface area (Å²) in [6, 6.07) is 17.5. The summed E-state index contributed by atoms with van der Waals surface area (Å²) in [7, 11) is 1.82. The number of nitrogens with zero attached hydrogens (tertiary/aromatic N) is 2. The highest BCUT2D eigenvalue weighted by molar-refractivity contribution is 14.0. The lowest BCUT2D eigenvalue weighted by Crippen LogP contribution is -2.38. The quantitative estimate of drug-likeness (QED) is 0.374. The van der Waals surface area contributed by atoms with Crippen LogP contribution in [0.2, 0.25) is 0 Å². The number of hydrogen-bond acceptors (Lipinski definition) is 2. The Labute approximate surface area is 180 Å². The van der Waals surface area contributed by atoms with E-state index in [0.717, 1.165) is 12.5 Å². The predicted octanol–water partition coefficient (Wildman–Crippen LogP) is 4.64. The topological polar surface area (TPSA) is 39.7 Å². The molecule has 1 aliphatic heterocycles. The molecule has 1 atom stereocenters. The van der Waals surface area contributed by atoms with E-state index in [1.807, 2.05) is 7.05 Å². The predicted molar refractivity (Wildman–Crippen MR) is 126 cm³/mol. The Hall–Kier alpha value is -1.76. The van der Waals surface area contributed by atoms with Crippen molar-refractivity contribution in [2.45, 2.75) is 39.3 Å². The van der Waals surface area contributed by atoms with Gasteiger partial charge in [-0.05, 0) is 55.5 Å². The minimum atomic E-state index is 0. The Kier molecular flexibility index (Phi) is 8.41. The van der Waals surface area contributed by atoms with E-state index in [9.17, 15) is 0 Å². The summed E-state index contributed by atoms with van der Waals surface area (Å²) >= 11 is 0. The average molecular weight is 478 g/mol. The second kappa shape index (κ2) is 10.5. The lowest BCUT2D eigenvalue weighted by Gasteiger charge is -2.22. The molecule has 0 aliphatic carbocycles. The van der Waals surface area contributed by atoms with Gasteiger partial charge in [-0.15, -0.1) is 24.0 Å². The van der Waals surface area contributed by atoms with Crippen LogP contribution in [0.1, 0.15) is 42.5 Å². The standard InChI is InChI=1S/C22H30N4.HI/c1-17-9-4-5-10-20(17)16-24-22(23-3)25-18(2)19-11-8-12-21(15-19)26-13-6-7-14-26;/h4-5,8-12,15,18H,6-7,13-14,16H2,1-3H3,(H2,23,24,25);1H. The van der Waals surface area contributed by atoms with E-state index in [4.69, 9.17) is 0 Å². The molecule has 3 rings (SSSR count). The Morgan fingerprint density at radius 3 is 2.56 bits per heavy atom. The minimum Gasteiger partial charge on any atom is -0.372 e. The molecule has 2 aromatic rings. The molecule has 0 amide bonds. The molecule has 4 nitrogen and oxygen atoms in total. The highest BCUT2D eigenvalue weighted by atomic mass is 127. The number of guanidine groups is 1. The first-order valence-corrected chi connectivity index (χ1v) is 9.54. The van der Waals surface area contributed by atoms with Gasteiger partial charge >= 0.3 is 0 Å². The first kappa shape index (κ1) is 21.5. The van der Waals surface area contributed by atoms with Crippen molar-refractivity contribution in [2.24, 2.45) is 4.99 Å². The van der Waals surface area contributed by atoms with E-state index in [1.165, 1.54) is 48.3 Å². The van der Waals surface area contributed by atoms with E-state index in [1.54, 1.807) is 0 Å². The fourth-order valence-electron chi connectivity index (χ4n) is 3.44. The zero-order valence-electron chi connectivity index (χ0n) is 16.5. The third kappa shape index (κ3) is 5.86. The van der Waals surface area contributed by atoms with Crippen LogP contribution in [0.15, 0.2) is 53.5 Å². The Morgan fingerprint density at radius 1 is 1.11 bits per heavy atom. The molecule has 1 unspecified atom stereocenters. The number of anilines is 1. The molecule has 146 valence electrons. The van der Waals surface area contributed by atoms with Crippen molar-refractivity contribution in [2.75, 3.05) is 25.0 Å². The number of aliphatic imine (C=N–C) groups is 1. The van der Waals surface area contributed by atoms with Gasteiger partial charge < -0.3 is 15.5 Å². The fourth-order valence-corrected chi connectivity index (χ4v) is 3.44. The van der Waals surface area contributed by atoms with Crippen LogP contribution in [-0.2, 0) is 6.54 Å².